The number of benzene rings is 2. The van der Waals surface area contributed by atoms with Crippen molar-refractivity contribution < 1.29 is 9.59 Å². The molecule has 0 aliphatic carbocycles. The summed E-state index contributed by atoms with van der Waals surface area (Å²) in [4.78, 5) is 25.5. The molecular formula is C19H22N2O2. The van der Waals surface area contributed by atoms with E-state index >= 15 is 0 Å². The maximum atomic E-state index is 12.0. The van der Waals surface area contributed by atoms with E-state index in [2.05, 4.69) is 12.2 Å². The number of carbonyl (C=O) groups is 2. The van der Waals surface area contributed by atoms with Gasteiger partial charge in [0.25, 0.3) is 5.91 Å². The van der Waals surface area contributed by atoms with Gasteiger partial charge in [0.2, 0.25) is 5.91 Å². The number of amides is 2. The van der Waals surface area contributed by atoms with Gasteiger partial charge in [-0.1, -0.05) is 37.3 Å². The second kappa shape index (κ2) is 8.13. The van der Waals surface area contributed by atoms with Crippen molar-refractivity contribution in [2.75, 3.05) is 18.0 Å². The van der Waals surface area contributed by atoms with Gasteiger partial charge in [0.15, 0.2) is 0 Å². The third kappa shape index (κ3) is 4.68. The van der Waals surface area contributed by atoms with Crippen LogP contribution >= 0.6 is 0 Å². The number of anilines is 1. The molecule has 0 spiro atoms. The van der Waals surface area contributed by atoms with Crippen molar-refractivity contribution in [1.82, 2.24) is 5.32 Å². The van der Waals surface area contributed by atoms with Crippen LogP contribution in [0.2, 0.25) is 0 Å². The first-order valence-corrected chi connectivity index (χ1v) is 7.82. The molecule has 0 aliphatic rings. The molecule has 120 valence electrons. The molecule has 2 aromatic rings. The largest absolute Gasteiger partial charge is 0.350 e. The van der Waals surface area contributed by atoms with E-state index in [1.165, 1.54) is 12.5 Å². The van der Waals surface area contributed by atoms with Gasteiger partial charge in [-0.2, -0.15) is 0 Å². The van der Waals surface area contributed by atoms with Crippen LogP contribution in [0.25, 0.3) is 0 Å². The Balaban J connectivity index is 1.95. The van der Waals surface area contributed by atoms with Gasteiger partial charge in [-0.15, -0.1) is 0 Å². The van der Waals surface area contributed by atoms with Gasteiger partial charge < -0.3 is 10.2 Å². The van der Waals surface area contributed by atoms with Crippen LogP contribution in [-0.2, 0) is 11.2 Å². The van der Waals surface area contributed by atoms with E-state index < -0.39 is 0 Å². The zero-order chi connectivity index (χ0) is 16.7. The fraction of sp³-hybridized carbons (Fsp3) is 0.263. The van der Waals surface area contributed by atoms with Crippen LogP contribution in [0.3, 0.4) is 0 Å². The summed E-state index contributed by atoms with van der Waals surface area (Å²) in [5.41, 5.74) is 2.70. The van der Waals surface area contributed by atoms with Crippen molar-refractivity contribution in [3.8, 4) is 0 Å². The zero-order valence-electron chi connectivity index (χ0n) is 13.6. The second-order valence-corrected chi connectivity index (χ2v) is 5.31. The molecule has 1 N–H and O–H groups in total. The van der Waals surface area contributed by atoms with E-state index in [-0.39, 0.29) is 11.8 Å². The third-order valence-electron chi connectivity index (χ3n) is 3.69. The molecule has 4 nitrogen and oxygen atoms in total. The van der Waals surface area contributed by atoms with E-state index in [1.54, 1.807) is 17.0 Å². The Morgan fingerprint density at radius 1 is 1.00 bits per heavy atom. The molecule has 23 heavy (non-hydrogen) atoms. The van der Waals surface area contributed by atoms with E-state index in [1.807, 2.05) is 42.5 Å². The molecule has 2 aromatic carbocycles. The first kappa shape index (κ1) is 16.7. The highest BCUT2D eigenvalue weighted by Crippen LogP contribution is 2.15. The van der Waals surface area contributed by atoms with Crippen molar-refractivity contribution >= 4 is 17.5 Å². The first-order chi connectivity index (χ1) is 11.1. The quantitative estimate of drug-likeness (QED) is 0.891. The highest BCUT2D eigenvalue weighted by molar-refractivity contribution is 5.94. The van der Waals surface area contributed by atoms with Gasteiger partial charge in [-0.25, -0.2) is 0 Å². The number of nitrogens with one attached hydrogen (secondary N) is 1. The van der Waals surface area contributed by atoms with Crippen LogP contribution in [-0.4, -0.2) is 24.9 Å². The summed E-state index contributed by atoms with van der Waals surface area (Å²) in [5.74, 6) is -0.168. The molecule has 0 fully saturated rings. The highest BCUT2D eigenvalue weighted by atomic mass is 16.2. The van der Waals surface area contributed by atoms with E-state index in [0.29, 0.717) is 18.7 Å². The minimum atomic E-state index is -0.129. The summed E-state index contributed by atoms with van der Waals surface area (Å²) < 4.78 is 0. The normalized spacial score (nSPS) is 10.2. The van der Waals surface area contributed by atoms with E-state index in [9.17, 15) is 9.59 Å². The molecule has 0 radical (unpaired) electrons. The molecule has 2 amide bonds. The zero-order valence-corrected chi connectivity index (χ0v) is 13.6. The summed E-state index contributed by atoms with van der Waals surface area (Å²) in [7, 11) is 0. The van der Waals surface area contributed by atoms with Crippen LogP contribution in [0.1, 0.15) is 29.8 Å². The number of hydrogen-bond acceptors (Lipinski definition) is 2. The smallest absolute Gasteiger partial charge is 0.251 e. The highest BCUT2D eigenvalue weighted by Gasteiger charge is 2.12. The van der Waals surface area contributed by atoms with Crippen LogP contribution in [0.4, 0.5) is 5.69 Å². The first-order valence-electron chi connectivity index (χ1n) is 7.82. The lowest BCUT2D eigenvalue weighted by atomic mass is 10.1. The van der Waals surface area contributed by atoms with Gasteiger partial charge in [0, 0.05) is 31.3 Å². The molecule has 0 unspecified atom stereocenters. The predicted octanol–water partition coefficient (Wildman–Crippen LogP) is 3.03. The van der Waals surface area contributed by atoms with Gasteiger partial charge in [0.05, 0.1) is 0 Å². The summed E-state index contributed by atoms with van der Waals surface area (Å²) >= 11 is 0. The molecule has 0 aliphatic heterocycles. The lowest BCUT2D eigenvalue weighted by molar-refractivity contribution is -0.116. The number of rotatable bonds is 6. The Morgan fingerprint density at radius 2 is 1.65 bits per heavy atom. The van der Waals surface area contributed by atoms with Crippen molar-refractivity contribution in [2.24, 2.45) is 0 Å². The lowest BCUT2D eigenvalue weighted by Gasteiger charge is -2.21. The lowest BCUT2D eigenvalue weighted by Crippen LogP contribution is -2.37. The van der Waals surface area contributed by atoms with Gasteiger partial charge in [-0.05, 0) is 36.2 Å². The summed E-state index contributed by atoms with van der Waals surface area (Å²) in [6, 6.07) is 17.0. The number of carbonyl (C=O) groups excluding carboxylic acids is 2. The minimum absolute atomic E-state index is 0.0387. The van der Waals surface area contributed by atoms with E-state index in [4.69, 9.17) is 0 Å². The average molecular weight is 310 g/mol. The van der Waals surface area contributed by atoms with Crippen molar-refractivity contribution in [1.29, 1.82) is 0 Å². The Labute approximate surface area is 137 Å². The summed E-state index contributed by atoms with van der Waals surface area (Å²) in [5, 5.41) is 2.84. The van der Waals surface area contributed by atoms with Gasteiger partial charge >= 0.3 is 0 Å². The molecule has 0 bridgehead atoms. The number of nitrogens with zero attached hydrogens (tertiary/aromatic N) is 1. The van der Waals surface area contributed by atoms with Crippen LogP contribution in [0, 0.1) is 0 Å². The fourth-order valence-corrected chi connectivity index (χ4v) is 2.35. The van der Waals surface area contributed by atoms with Gasteiger partial charge in [0.1, 0.15) is 0 Å². The monoisotopic (exact) mass is 310 g/mol. The Hall–Kier alpha value is -2.62. The average Bonchev–Trinajstić information content (AvgIpc) is 2.59. The number of aryl methyl sites for hydroxylation is 1. The predicted molar refractivity (Wildman–Crippen MR) is 92.6 cm³/mol. The summed E-state index contributed by atoms with van der Waals surface area (Å²) in [6.45, 7) is 4.48. The second-order valence-electron chi connectivity index (χ2n) is 5.31. The molecular weight excluding hydrogens is 288 g/mol. The van der Waals surface area contributed by atoms with Crippen molar-refractivity contribution in [3.63, 3.8) is 0 Å². The molecule has 0 saturated heterocycles. The molecule has 2 rings (SSSR count). The minimum Gasteiger partial charge on any atom is -0.350 e. The topological polar surface area (TPSA) is 49.4 Å². The SMILES string of the molecule is CCc1ccc(N(CCNC(=O)c2ccccc2)C(C)=O)cc1. The van der Waals surface area contributed by atoms with Crippen molar-refractivity contribution in [3.05, 3.63) is 65.7 Å². The Bertz CT molecular complexity index is 651. The number of hydrogen-bond donors (Lipinski definition) is 1. The van der Waals surface area contributed by atoms with Crippen LogP contribution in [0.15, 0.2) is 54.6 Å². The van der Waals surface area contributed by atoms with Gasteiger partial charge in [-0.3, -0.25) is 9.59 Å². The van der Waals surface area contributed by atoms with Crippen LogP contribution < -0.4 is 10.2 Å². The standard InChI is InChI=1S/C19H22N2O2/c1-3-16-9-11-18(12-10-16)21(15(2)22)14-13-20-19(23)17-7-5-4-6-8-17/h4-12H,3,13-14H2,1-2H3,(H,20,23). The maximum absolute atomic E-state index is 12.0. The summed E-state index contributed by atoms with van der Waals surface area (Å²) in [6.07, 6.45) is 0.966. The molecule has 4 heteroatoms. The molecule has 0 saturated carbocycles. The van der Waals surface area contributed by atoms with Crippen LogP contribution in [0.5, 0.6) is 0 Å². The maximum Gasteiger partial charge on any atom is 0.251 e. The molecule has 0 atom stereocenters. The third-order valence-corrected chi connectivity index (χ3v) is 3.69. The van der Waals surface area contributed by atoms with E-state index in [0.717, 1.165) is 12.1 Å². The van der Waals surface area contributed by atoms with Crippen molar-refractivity contribution in [2.45, 2.75) is 20.3 Å². The fourth-order valence-electron chi connectivity index (χ4n) is 2.35. The molecule has 0 heterocycles. The Kier molecular flexibility index (Phi) is 5.92. The Morgan fingerprint density at radius 3 is 2.22 bits per heavy atom. The molecule has 0 aromatic heterocycles.